The molecular weight excluding hydrogens is 264 g/mol. The van der Waals surface area contributed by atoms with Gasteiger partial charge in [-0.3, -0.25) is 0 Å². The number of hydrogen-bond donors (Lipinski definition) is 1. The number of aliphatic hydroxyl groups excluding tert-OH is 1. The Morgan fingerprint density at radius 3 is 2.81 bits per heavy atom. The van der Waals surface area contributed by atoms with Crippen LogP contribution in [0.2, 0.25) is 0 Å². The number of hydrogen-bond acceptors (Lipinski definition) is 3. The van der Waals surface area contributed by atoms with E-state index in [1.165, 1.54) is 0 Å². The molecule has 0 amide bonds. The van der Waals surface area contributed by atoms with Crippen molar-refractivity contribution in [2.24, 2.45) is 0 Å². The molecule has 0 radical (unpaired) electrons. The zero-order chi connectivity index (χ0) is 15.0. The Kier molecular flexibility index (Phi) is 3.39. The highest BCUT2D eigenvalue weighted by atomic mass is 16.5. The van der Waals surface area contributed by atoms with Crippen molar-refractivity contribution < 1.29 is 9.84 Å². The molecule has 2 heterocycles. The molecule has 0 bridgehead atoms. The van der Waals surface area contributed by atoms with Crippen molar-refractivity contribution in [3.63, 3.8) is 0 Å². The van der Waals surface area contributed by atoms with Gasteiger partial charge in [0.05, 0.1) is 18.8 Å². The van der Waals surface area contributed by atoms with Crippen LogP contribution in [0.4, 0.5) is 0 Å². The zero-order valence-corrected chi connectivity index (χ0v) is 12.4. The summed E-state index contributed by atoms with van der Waals surface area (Å²) < 4.78 is 7.21. The Morgan fingerprint density at radius 2 is 2.05 bits per heavy atom. The summed E-state index contributed by atoms with van der Waals surface area (Å²) in [5, 5.41) is 15.1. The van der Waals surface area contributed by atoms with E-state index in [-0.39, 0.29) is 0 Å². The van der Waals surface area contributed by atoms with Gasteiger partial charge >= 0.3 is 0 Å². The number of benzene rings is 1. The summed E-state index contributed by atoms with van der Waals surface area (Å²) in [5.41, 5.74) is 4.59. The number of rotatable bonds is 3. The first-order chi connectivity index (χ1) is 10.1. The molecule has 0 spiro atoms. The van der Waals surface area contributed by atoms with Crippen molar-refractivity contribution >= 4 is 5.52 Å². The van der Waals surface area contributed by atoms with Crippen molar-refractivity contribution in [1.82, 2.24) is 9.61 Å². The second kappa shape index (κ2) is 5.22. The summed E-state index contributed by atoms with van der Waals surface area (Å²) in [6, 6.07) is 9.78. The number of ether oxygens (including phenoxy) is 1. The van der Waals surface area contributed by atoms with Crippen LogP contribution in [-0.4, -0.2) is 21.8 Å². The minimum atomic E-state index is -0.763. The maximum Gasteiger partial charge on any atom is 0.125 e. The SMILES string of the molecule is COc1cc(C)cc(C)c1C(O)c1cnn2ccccc12. The van der Waals surface area contributed by atoms with Gasteiger partial charge in [0.1, 0.15) is 11.9 Å². The third kappa shape index (κ3) is 2.28. The number of aliphatic hydroxyl groups is 1. The maximum absolute atomic E-state index is 10.8. The number of aromatic nitrogens is 2. The molecule has 4 heteroatoms. The summed E-state index contributed by atoms with van der Waals surface area (Å²) in [7, 11) is 1.63. The first kappa shape index (κ1) is 13.6. The monoisotopic (exact) mass is 282 g/mol. The lowest BCUT2D eigenvalue weighted by atomic mass is 9.95. The van der Waals surface area contributed by atoms with E-state index in [4.69, 9.17) is 4.74 Å². The predicted molar refractivity (Wildman–Crippen MR) is 81.7 cm³/mol. The van der Waals surface area contributed by atoms with Crippen molar-refractivity contribution in [1.29, 1.82) is 0 Å². The summed E-state index contributed by atoms with van der Waals surface area (Å²) >= 11 is 0. The number of methoxy groups -OCH3 is 1. The summed E-state index contributed by atoms with van der Waals surface area (Å²) in [4.78, 5) is 0. The van der Waals surface area contributed by atoms with Crippen LogP contribution < -0.4 is 4.74 Å². The van der Waals surface area contributed by atoms with E-state index in [1.807, 2.05) is 50.4 Å². The lowest BCUT2D eigenvalue weighted by molar-refractivity contribution is 0.215. The molecule has 1 unspecified atom stereocenters. The fraction of sp³-hybridized carbons (Fsp3) is 0.235. The van der Waals surface area contributed by atoms with Crippen molar-refractivity contribution in [3.05, 3.63) is 65.0 Å². The van der Waals surface area contributed by atoms with Gasteiger partial charge in [0.15, 0.2) is 0 Å². The molecular formula is C17H18N2O2. The van der Waals surface area contributed by atoms with Gasteiger partial charge in [-0.2, -0.15) is 5.10 Å². The van der Waals surface area contributed by atoms with Gasteiger partial charge in [-0.15, -0.1) is 0 Å². The number of nitrogens with zero attached hydrogens (tertiary/aromatic N) is 2. The van der Waals surface area contributed by atoms with Gasteiger partial charge in [0.25, 0.3) is 0 Å². The van der Waals surface area contributed by atoms with E-state index in [0.717, 1.165) is 27.8 Å². The summed E-state index contributed by atoms with van der Waals surface area (Å²) in [5.74, 6) is 0.704. The third-order valence-corrected chi connectivity index (χ3v) is 3.74. The lowest BCUT2D eigenvalue weighted by Crippen LogP contribution is -2.05. The first-order valence-electron chi connectivity index (χ1n) is 6.87. The van der Waals surface area contributed by atoms with Gasteiger partial charge in [0.2, 0.25) is 0 Å². The van der Waals surface area contributed by atoms with E-state index >= 15 is 0 Å². The normalized spacial score (nSPS) is 12.6. The van der Waals surface area contributed by atoms with Crippen molar-refractivity contribution in [2.75, 3.05) is 7.11 Å². The van der Waals surface area contributed by atoms with E-state index in [0.29, 0.717) is 5.75 Å². The standard InChI is InChI=1S/C17H18N2O2/c1-11-8-12(2)16(15(9-11)21-3)17(20)13-10-18-19-7-5-4-6-14(13)19/h4-10,17,20H,1-3H3. The van der Waals surface area contributed by atoms with Gasteiger partial charge in [-0.1, -0.05) is 12.1 Å². The van der Waals surface area contributed by atoms with E-state index < -0.39 is 6.10 Å². The number of pyridine rings is 1. The van der Waals surface area contributed by atoms with Gasteiger partial charge in [-0.05, 0) is 43.2 Å². The highest BCUT2D eigenvalue weighted by Crippen LogP contribution is 2.35. The topological polar surface area (TPSA) is 46.8 Å². The fourth-order valence-electron chi connectivity index (χ4n) is 2.78. The molecule has 3 aromatic rings. The molecule has 3 rings (SSSR count). The average molecular weight is 282 g/mol. The number of fused-ring (bicyclic) bond motifs is 1. The minimum Gasteiger partial charge on any atom is -0.496 e. The summed E-state index contributed by atoms with van der Waals surface area (Å²) in [6.45, 7) is 4.00. The van der Waals surface area contributed by atoms with Crippen molar-refractivity contribution in [3.8, 4) is 5.75 Å². The molecule has 21 heavy (non-hydrogen) atoms. The van der Waals surface area contributed by atoms with E-state index in [1.54, 1.807) is 17.8 Å². The van der Waals surface area contributed by atoms with E-state index in [9.17, 15) is 5.11 Å². The Bertz CT molecular complexity index is 793. The van der Waals surface area contributed by atoms with Crippen LogP contribution in [0.5, 0.6) is 5.75 Å². The summed E-state index contributed by atoms with van der Waals surface area (Å²) in [6.07, 6.45) is 2.81. The van der Waals surface area contributed by atoms with E-state index in [2.05, 4.69) is 5.10 Å². The van der Waals surface area contributed by atoms with Crippen LogP contribution in [-0.2, 0) is 0 Å². The molecule has 4 nitrogen and oxygen atoms in total. The van der Waals surface area contributed by atoms with Gasteiger partial charge < -0.3 is 9.84 Å². The van der Waals surface area contributed by atoms with Crippen LogP contribution in [0.1, 0.15) is 28.4 Å². The first-order valence-corrected chi connectivity index (χ1v) is 6.87. The van der Waals surface area contributed by atoms with Crippen LogP contribution in [0.25, 0.3) is 5.52 Å². The molecule has 2 aromatic heterocycles. The highest BCUT2D eigenvalue weighted by Gasteiger charge is 2.21. The number of aryl methyl sites for hydroxylation is 2. The Morgan fingerprint density at radius 1 is 1.24 bits per heavy atom. The fourth-order valence-corrected chi connectivity index (χ4v) is 2.78. The smallest absolute Gasteiger partial charge is 0.125 e. The van der Waals surface area contributed by atoms with Gasteiger partial charge in [0, 0.05) is 17.3 Å². The molecule has 0 aliphatic rings. The van der Waals surface area contributed by atoms with Crippen LogP contribution in [0.15, 0.2) is 42.7 Å². The quantitative estimate of drug-likeness (QED) is 0.803. The molecule has 0 saturated heterocycles. The Hall–Kier alpha value is -2.33. The van der Waals surface area contributed by atoms with Crippen LogP contribution in [0.3, 0.4) is 0 Å². The predicted octanol–water partition coefficient (Wildman–Crippen LogP) is 3.04. The maximum atomic E-state index is 10.8. The molecule has 1 atom stereocenters. The second-order valence-electron chi connectivity index (χ2n) is 5.23. The Labute approximate surface area is 123 Å². The van der Waals surface area contributed by atoms with Gasteiger partial charge in [-0.25, -0.2) is 4.52 Å². The van der Waals surface area contributed by atoms with Crippen LogP contribution >= 0.6 is 0 Å². The average Bonchev–Trinajstić information content (AvgIpc) is 2.89. The highest BCUT2D eigenvalue weighted by molar-refractivity contribution is 5.59. The molecule has 0 aliphatic heterocycles. The molecule has 1 N–H and O–H groups in total. The largest absolute Gasteiger partial charge is 0.496 e. The molecule has 0 saturated carbocycles. The van der Waals surface area contributed by atoms with Crippen molar-refractivity contribution in [2.45, 2.75) is 20.0 Å². The molecule has 0 aliphatic carbocycles. The van der Waals surface area contributed by atoms with Crippen LogP contribution in [0, 0.1) is 13.8 Å². The molecule has 108 valence electrons. The zero-order valence-electron chi connectivity index (χ0n) is 12.4. The Balaban J connectivity index is 2.16. The molecule has 0 fully saturated rings. The second-order valence-corrected chi connectivity index (χ2v) is 5.23. The third-order valence-electron chi connectivity index (χ3n) is 3.74. The minimum absolute atomic E-state index is 0.704. The lowest BCUT2D eigenvalue weighted by Gasteiger charge is -2.17. The molecule has 1 aromatic carbocycles.